The van der Waals surface area contributed by atoms with Gasteiger partial charge >= 0.3 is 0 Å². The van der Waals surface area contributed by atoms with Crippen LogP contribution in [0.25, 0.3) is 0 Å². The maximum absolute atomic E-state index is 12.0. The molecule has 2 aliphatic carbocycles. The summed E-state index contributed by atoms with van der Waals surface area (Å²) in [5.74, 6) is 0.483. The van der Waals surface area contributed by atoms with Crippen LogP contribution in [0, 0.1) is 5.92 Å². The number of alkyl halides is 1. The lowest BCUT2D eigenvalue weighted by Crippen LogP contribution is -2.36. The molecule has 94 valence electrons. The van der Waals surface area contributed by atoms with Gasteiger partial charge in [-0.05, 0) is 31.6 Å². The number of sulfonamides is 1. The highest BCUT2D eigenvalue weighted by molar-refractivity contribution is 9.09. The van der Waals surface area contributed by atoms with Gasteiger partial charge in [-0.25, -0.2) is 13.1 Å². The van der Waals surface area contributed by atoms with Crippen molar-refractivity contribution >= 4 is 26.0 Å². The van der Waals surface area contributed by atoms with Gasteiger partial charge in [-0.1, -0.05) is 35.2 Å². The lowest BCUT2D eigenvalue weighted by atomic mass is 10.1. The standard InChI is InChI=1S/C11H20BrNO2S/c12-11-7-3-4-9(11)8-13-16(14,15)10-5-1-2-6-10/h9-11,13H,1-8H2. The minimum atomic E-state index is -3.04. The molecule has 3 nitrogen and oxygen atoms in total. The van der Waals surface area contributed by atoms with Crippen LogP contribution < -0.4 is 4.72 Å². The molecule has 0 bridgehead atoms. The zero-order valence-corrected chi connectivity index (χ0v) is 11.9. The molecule has 0 heterocycles. The van der Waals surface area contributed by atoms with Gasteiger partial charge in [0.2, 0.25) is 10.0 Å². The highest BCUT2D eigenvalue weighted by Gasteiger charge is 2.31. The number of halogens is 1. The first-order valence-electron chi connectivity index (χ1n) is 6.22. The summed E-state index contributed by atoms with van der Waals surface area (Å²) in [6.07, 6.45) is 7.35. The second-order valence-corrected chi connectivity index (χ2v) is 8.23. The molecule has 2 rings (SSSR count). The summed E-state index contributed by atoms with van der Waals surface area (Å²) in [7, 11) is -3.04. The molecule has 2 unspecified atom stereocenters. The number of hydrogen-bond donors (Lipinski definition) is 1. The summed E-state index contributed by atoms with van der Waals surface area (Å²) in [6.45, 7) is 0.620. The van der Waals surface area contributed by atoms with E-state index in [0.717, 1.165) is 32.1 Å². The summed E-state index contributed by atoms with van der Waals surface area (Å²) in [4.78, 5) is 0.499. The first-order chi connectivity index (χ1) is 7.59. The molecule has 2 atom stereocenters. The van der Waals surface area contributed by atoms with Crippen molar-refractivity contribution in [3.8, 4) is 0 Å². The second-order valence-electron chi connectivity index (χ2n) is 5.01. The number of nitrogens with one attached hydrogen (secondary N) is 1. The number of rotatable bonds is 4. The fourth-order valence-corrected chi connectivity index (χ4v) is 5.17. The van der Waals surface area contributed by atoms with E-state index in [9.17, 15) is 8.42 Å². The molecule has 2 aliphatic rings. The van der Waals surface area contributed by atoms with Gasteiger partial charge in [0.15, 0.2) is 0 Å². The third-order valence-corrected chi connectivity index (χ3v) is 6.98. The Morgan fingerprint density at radius 3 is 2.31 bits per heavy atom. The molecule has 0 spiro atoms. The molecule has 2 saturated carbocycles. The van der Waals surface area contributed by atoms with Crippen LogP contribution in [0.15, 0.2) is 0 Å². The van der Waals surface area contributed by atoms with Crippen molar-refractivity contribution in [3.63, 3.8) is 0 Å². The van der Waals surface area contributed by atoms with Gasteiger partial charge in [-0.15, -0.1) is 0 Å². The van der Waals surface area contributed by atoms with Crippen molar-refractivity contribution in [3.05, 3.63) is 0 Å². The lowest BCUT2D eigenvalue weighted by molar-refractivity contribution is 0.521. The Labute approximate surface area is 107 Å². The van der Waals surface area contributed by atoms with Crippen LogP contribution >= 0.6 is 15.9 Å². The smallest absolute Gasteiger partial charge is 0.214 e. The van der Waals surface area contributed by atoms with Crippen LogP contribution in [0.2, 0.25) is 0 Å². The summed E-state index contributed by atoms with van der Waals surface area (Å²) in [5.41, 5.74) is 0. The van der Waals surface area contributed by atoms with E-state index in [2.05, 4.69) is 20.7 Å². The maximum Gasteiger partial charge on any atom is 0.214 e. The van der Waals surface area contributed by atoms with Crippen molar-refractivity contribution in [2.24, 2.45) is 5.92 Å². The maximum atomic E-state index is 12.0. The summed E-state index contributed by atoms with van der Waals surface area (Å²) in [5, 5.41) is -0.123. The molecule has 0 radical (unpaired) electrons. The molecule has 0 aromatic heterocycles. The van der Waals surface area contributed by atoms with E-state index in [0.29, 0.717) is 17.3 Å². The average molecular weight is 310 g/mol. The van der Waals surface area contributed by atoms with Crippen LogP contribution in [0.1, 0.15) is 44.9 Å². The fourth-order valence-electron chi connectivity index (χ4n) is 2.76. The first-order valence-corrected chi connectivity index (χ1v) is 8.68. The molecule has 0 saturated heterocycles. The fraction of sp³-hybridized carbons (Fsp3) is 1.00. The van der Waals surface area contributed by atoms with E-state index >= 15 is 0 Å². The predicted octanol–water partition coefficient (Wildman–Crippen LogP) is 2.41. The van der Waals surface area contributed by atoms with Gasteiger partial charge in [0, 0.05) is 11.4 Å². The summed E-state index contributed by atoms with van der Waals surface area (Å²) < 4.78 is 26.8. The van der Waals surface area contributed by atoms with Gasteiger partial charge in [-0.3, -0.25) is 0 Å². The molecular weight excluding hydrogens is 290 g/mol. The summed E-state index contributed by atoms with van der Waals surface area (Å²) >= 11 is 3.62. The van der Waals surface area contributed by atoms with E-state index in [1.807, 2.05) is 0 Å². The Morgan fingerprint density at radius 2 is 1.75 bits per heavy atom. The molecule has 0 aliphatic heterocycles. The lowest BCUT2D eigenvalue weighted by Gasteiger charge is -2.17. The van der Waals surface area contributed by atoms with E-state index in [-0.39, 0.29) is 5.25 Å². The normalized spacial score (nSPS) is 32.3. The molecular formula is C11H20BrNO2S. The van der Waals surface area contributed by atoms with Crippen molar-refractivity contribution in [1.29, 1.82) is 0 Å². The van der Waals surface area contributed by atoms with E-state index in [1.54, 1.807) is 0 Å². The molecule has 0 aromatic rings. The van der Waals surface area contributed by atoms with Gasteiger partial charge in [0.1, 0.15) is 0 Å². The third-order valence-electron chi connectivity index (χ3n) is 3.85. The summed E-state index contributed by atoms with van der Waals surface area (Å²) in [6, 6.07) is 0. The monoisotopic (exact) mass is 309 g/mol. The first kappa shape index (κ1) is 12.8. The van der Waals surface area contributed by atoms with Crippen molar-refractivity contribution in [2.45, 2.75) is 55.0 Å². The van der Waals surface area contributed by atoms with Gasteiger partial charge in [0.25, 0.3) is 0 Å². The van der Waals surface area contributed by atoms with Crippen molar-refractivity contribution in [2.75, 3.05) is 6.54 Å². The van der Waals surface area contributed by atoms with Crippen molar-refractivity contribution < 1.29 is 8.42 Å². The highest BCUT2D eigenvalue weighted by Crippen LogP contribution is 2.31. The number of hydrogen-bond acceptors (Lipinski definition) is 2. The van der Waals surface area contributed by atoms with E-state index in [4.69, 9.17) is 0 Å². The molecule has 0 aromatic carbocycles. The van der Waals surface area contributed by atoms with Gasteiger partial charge < -0.3 is 0 Å². The Bertz CT molecular complexity index is 325. The Balaban J connectivity index is 1.84. The molecule has 2 fully saturated rings. The van der Waals surface area contributed by atoms with Crippen molar-refractivity contribution in [1.82, 2.24) is 4.72 Å². The molecule has 16 heavy (non-hydrogen) atoms. The van der Waals surface area contributed by atoms with Crippen LogP contribution in [0.5, 0.6) is 0 Å². The molecule has 1 N–H and O–H groups in total. The Kier molecular flexibility index (Phi) is 4.30. The average Bonchev–Trinajstić information content (AvgIpc) is 2.85. The largest absolute Gasteiger partial charge is 0.215 e. The van der Waals surface area contributed by atoms with Gasteiger partial charge in [0.05, 0.1) is 5.25 Å². The van der Waals surface area contributed by atoms with Gasteiger partial charge in [-0.2, -0.15) is 0 Å². The minimum Gasteiger partial charge on any atom is -0.215 e. The SMILES string of the molecule is O=S(=O)(NCC1CCCC1Br)C1CCCC1. The van der Waals surface area contributed by atoms with E-state index in [1.165, 1.54) is 12.8 Å². The second kappa shape index (κ2) is 5.36. The quantitative estimate of drug-likeness (QED) is 0.811. The predicted molar refractivity (Wildman–Crippen MR) is 69.2 cm³/mol. The highest BCUT2D eigenvalue weighted by atomic mass is 79.9. The van der Waals surface area contributed by atoms with Crippen LogP contribution in [-0.4, -0.2) is 25.0 Å². The topological polar surface area (TPSA) is 46.2 Å². The third kappa shape index (κ3) is 2.99. The molecule has 5 heteroatoms. The zero-order valence-electron chi connectivity index (χ0n) is 9.49. The van der Waals surface area contributed by atoms with Crippen LogP contribution in [0.4, 0.5) is 0 Å². The van der Waals surface area contributed by atoms with Crippen LogP contribution in [-0.2, 0) is 10.0 Å². The van der Waals surface area contributed by atoms with E-state index < -0.39 is 10.0 Å². The zero-order chi connectivity index (χ0) is 11.6. The van der Waals surface area contributed by atoms with Crippen LogP contribution in [0.3, 0.4) is 0 Å². The molecule has 0 amide bonds. The minimum absolute atomic E-state index is 0.123. The Hall–Kier alpha value is 0.390. The Morgan fingerprint density at radius 1 is 1.06 bits per heavy atom.